The van der Waals surface area contributed by atoms with Crippen molar-refractivity contribution in [2.75, 3.05) is 0 Å². The van der Waals surface area contributed by atoms with E-state index in [0.29, 0.717) is 13.1 Å². The van der Waals surface area contributed by atoms with Gasteiger partial charge in [-0.25, -0.2) is 0 Å². The zero-order valence-corrected chi connectivity index (χ0v) is 11.1. The summed E-state index contributed by atoms with van der Waals surface area (Å²) in [6, 6.07) is 10.9. The average molecular weight is 277 g/mol. The first kappa shape index (κ1) is 13.6. The fourth-order valence-corrected chi connectivity index (χ4v) is 2.68. The van der Waals surface area contributed by atoms with Gasteiger partial charge in [-0.3, -0.25) is 4.79 Å². The number of thiophene rings is 1. The summed E-state index contributed by atoms with van der Waals surface area (Å²) >= 11 is 1.52. The molecule has 0 saturated heterocycles. The van der Waals surface area contributed by atoms with Crippen LogP contribution >= 0.6 is 11.3 Å². The van der Waals surface area contributed by atoms with Gasteiger partial charge in [0.05, 0.1) is 6.42 Å². The number of phenolic OH excluding ortho intramolecular Hbond substituents is 1. The number of aromatic hydroxyl groups is 1. The number of rotatable bonds is 6. The Labute approximate surface area is 115 Å². The standard InChI is InChI=1S/C14H15NO3S/c16-11-3-1-10(2-4-11)8-15-9-13-6-5-12(19-13)7-14(17)18/h1-6,15-16H,7-9H2,(H,17,18). The highest BCUT2D eigenvalue weighted by Crippen LogP contribution is 2.17. The SMILES string of the molecule is O=C(O)Cc1ccc(CNCc2ccc(O)cc2)s1. The zero-order valence-electron chi connectivity index (χ0n) is 10.3. The lowest BCUT2D eigenvalue weighted by Gasteiger charge is -2.03. The molecule has 0 amide bonds. The largest absolute Gasteiger partial charge is 0.508 e. The van der Waals surface area contributed by atoms with E-state index in [1.54, 1.807) is 12.1 Å². The van der Waals surface area contributed by atoms with Gasteiger partial charge in [0.1, 0.15) is 5.75 Å². The van der Waals surface area contributed by atoms with Gasteiger partial charge in [-0.15, -0.1) is 11.3 Å². The molecule has 0 atom stereocenters. The molecule has 0 unspecified atom stereocenters. The van der Waals surface area contributed by atoms with Crippen LogP contribution in [0.3, 0.4) is 0 Å². The molecule has 0 saturated carbocycles. The van der Waals surface area contributed by atoms with Gasteiger partial charge in [0, 0.05) is 22.8 Å². The van der Waals surface area contributed by atoms with Crippen LogP contribution in [0.5, 0.6) is 5.75 Å². The average Bonchev–Trinajstić information content (AvgIpc) is 2.78. The lowest BCUT2D eigenvalue weighted by atomic mass is 10.2. The van der Waals surface area contributed by atoms with Gasteiger partial charge in [0.15, 0.2) is 0 Å². The van der Waals surface area contributed by atoms with E-state index < -0.39 is 5.97 Å². The number of phenols is 1. The lowest BCUT2D eigenvalue weighted by molar-refractivity contribution is -0.136. The Hall–Kier alpha value is -1.85. The smallest absolute Gasteiger partial charge is 0.308 e. The molecule has 2 rings (SSSR count). The van der Waals surface area contributed by atoms with E-state index >= 15 is 0 Å². The number of benzene rings is 1. The normalized spacial score (nSPS) is 10.5. The minimum absolute atomic E-state index is 0.0859. The van der Waals surface area contributed by atoms with Crippen LogP contribution in [0.15, 0.2) is 36.4 Å². The van der Waals surface area contributed by atoms with Crippen molar-refractivity contribution in [3.05, 3.63) is 51.7 Å². The Bertz CT molecular complexity index is 548. The third kappa shape index (κ3) is 4.39. The third-order valence-corrected chi connectivity index (χ3v) is 3.69. The topological polar surface area (TPSA) is 69.6 Å². The maximum absolute atomic E-state index is 10.6. The summed E-state index contributed by atoms with van der Waals surface area (Å²) in [6.07, 6.45) is 0.0859. The molecule has 0 bridgehead atoms. The third-order valence-electron chi connectivity index (χ3n) is 2.61. The molecular weight excluding hydrogens is 262 g/mol. The van der Waals surface area contributed by atoms with E-state index in [1.165, 1.54) is 11.3 Å². The maximum atomic E-state index is 10.6. The molecule has 0 spiro atoms. The van der Waals surface area contributed by atoms with E-state index in [1.807, 2.05) is 24.3 Å². The van der Waals surface area contributed by atoms with Crippen LogP contribution in [0.4, 0.5) is 0 Å². The molecule has 19 heavy (non-hydrogen) atoms. The minimum atomic E-state index is -0.801. The van der Waals surface area contributed by atoms with Crippen molar-refractivity contribution in [2.24, 2.45) is 0 Å². The van der Waals surface area contributed by atoms with Crippen LogP contribution in [0, 0.1) is 0 Å². The van der Waals surface area contributed by atoms with Gasteiger partial charge in [0.25, 0.3) is 0 Å². The summed E-state index contributed by atoms with van der Waals surface area (Å²) in [5.74, 6) is -0.536. The van der Waals surface area contributed by atoms with Crippen molar-refractivity contribution in [3.8, 4) is 5.75 Å². The van der Waals surface area contributed by atoms with Gasteiger partial charge in [-0.1, -0.05) is 12.1 Å². The minimum Gasteiger partial charge on any atom is -0.508 e. The summed E-state index contributed by atoms with van der Waals surface area (Å²) in [7, 11) is 0. The first-order chi connectivity index (χ1) is 9.13. The highest BCUT2D eigenvalue weighted by atomic mass is 32.1. The number of carbonyl (C=O) groups is 1. The van der Waals surface area contributed by atoms with Crippen LogP contribution in [-0.2, 0) is 24.3 Å². The fraction of sp³-hybridized carbons (Fsp3) is 0.214. The van der Waals surface area contributed by atoms with Gasteiger partial charge in [-0.2, -0.15) is 0 Å². The molecular formula is C14H15NO3S. The van der Waals surface area contributed by atoms with Crippen LogP contribution in [0.2, 0.25) is 0 Å². The van der Waals surface area contributed by atoms with Crippen LogP contribution in [-0.4, -0.2) is 16.2 Å². The molecule has 100 valence electrons. The summed E-state index contributed by atoms with van der Waals surface area (Å²) in [5.41, 5.74) is 1.10. The second-order valence-corrected chi connectivity index (χ2v) is 5.46. The fourth-order valence-electron chi connectivity index (χ4n) is 1.71. The van der Waals surface area contributed by atoms with Crippen molar-refractivity contribution < 1.29 is 15.0 Å². The Morgan fingerprint density at radius 3 is 2.42 bits per heavy atom. The van der Waals surface area contributed by atoms with Gasteiger partial charge < -0.3 is 15.5 Å². The highest BCUT2D eigenvalue weighted by Gasteiger charge is 2.04. The predicted octanol–water partition coefficient (Wildman–Crippen LogP) is 2.37. The molecule has 0 fully saturated rings. The quantitative estimate of drug-likeness (QED) is 0.758. The summed E-state index contributed by atoms with van der Waals surface area (Å²) in [5, 5.41) is 21.1. The summed E-state index contributed by atoms with van der Waals surface area (Å²) in [4.78, 5) is 12.6. The number of carboxylic acids is 1. The van der Waals surface area contributed by atoms with Crippen molar-refractivity contribution >= 4 is 17.3 Å². The number of nitrogens with one attached hydrogen (secondary N) is 1. The van der Waals surface area contributed by atoms with Crippen molar-refractivity contribution in [1.82, 2.24) is 5.32 Å². The number of hydrogen-bond acceptors (Lipinski definition) is 4. The predicted molar refractivity (Wildman–Crippen MR) is 74.3 cm³/mol. The number of aliphatic carboxylic acids is 1. The van der Waals surface area contributed by atoms with E-state index in [9.17, 15) is 4.79 Å². The zero-order chi connectivity index (χ0) is 13.7. The second-order valence-electron chi connectivity index (χ2n) is 4.21. The Morgan fingerprint density at radius 1 is 1.05 bits per heavy atom. The van der Waals surface area contributed by atoms with E-state index in [0.717, 1.165) is 15.3 Å². The summed E-state index contributed by atoms with van der Waals surface area (Å²) in [6.45, 7) is 1.43. The Balaban J connectivity index is 1.80. The number of carboxylic acid groups (broad SMARTS) is 1. The van der Waals surface area contributed by atoms with E-state index in [2.05, 4.69) is 5.32 Å². The van der Waals surface area contributed by atoms with Gasteiger partial charge in [-0.05, 0) is 29.8 Å². The van der Waals surface area contributed by atoms with E-state index in [4.69, 9.17) is 10.2 Å². The molecule has 0 aliphatic heterocycles. The van der Waals surface area contributed by atoms with Crippen molar-refractivity contribution in [1.29, 1.82) is 0 Å². The molecule has 3 N–H and O–H groups in total. The number of hydrogen-bond donors (Lipinski definition) is 3. The van der Waals surface area contributed by atoms with Crippen LogP contribution < -0.4 is 5.32 Å². The first-order valence-corrected chi connectivity index (χ1v) is 6.73. The highest BCUT2D eigenvalue weighted by molar-refractivity contribution is 7.12. The molecule has 5 heteroatoms. The van der Waals surface area contributed by atoms with Crippen molar-refractivity contribution in [2.45, 2.75) is 19.5 Å². The van der Waals surface area contributed by atoms with Crippen LogP contribution in [0.25, 0.3) is 0 Å². The molecule has 0 aliphatic rings. The molecule has 1 aromatic heterocycles. The second kappa shape index (κ2) is 6.36. The molecule has 2 aromatic rings. The van der Waals surface area contributed by atoms with Gasteiger partial charge in [0.2, 0.25) is 0 Å². The van der Waals surface area contributed by atoms with Gasteiger partial charge >= 0.3 is 5.97 Å². The Kier molecular flexibility index (Phi) is 4.54. The molecule has 0 aliphatic carbocycles. The lowest BCUT2D eigenvalue weighted by Crippen LogP contribution is -2.11. The molecule has 1 aromatic carbocycles. The molecule has 4 nitrogen and oxygen atoms in total. The molecule has 0 radical (unpaired) electrons. The van der Waals surface area contributed by atoms with Crippen molar-refractivity contribution in [3.63, 3.8) is 0 Å². The molecule has 1 heterocycles. The van der Waals surface area contributed by atoms with Crippen LogP contribution in [0.1, 0.15) is 15.3 Å². The monoisotopic (exact) mass is 277 g/mol. The Morgan fingerprint density at radius 2 is 1.74 bits per heavy atom. The summed E-state index contributed by atoms with van der Waals surface area (Å²) < 4.78 is 0. The van der Waals surface area contributed by atoms with E-state index in [-0.39, 0.29) is 12.2 Å². The first-order valence-electron chi connectivity index (χ1n) is 5.91. The maximum Gasteiger partial charge on any atom is 0.308 e.